The summed E-state index contributed by atoms with van der Waals surface area (Å²) in [5, 5.41) is 5.24. The zero-order valence-electron chi connectivity index (χ0n) is 15.7. The minimum absolute atomic E-state index is 0.690. The van der Waals surface area contributed by atoms with Gasteiger partial charge in [0.05, 0.1) is 10.7 Å². The number of pyridine rings is 1. The average Bonchev–Trinajstić information content (AvgIpc) is 3.00. The number of aromatic nitrogens is 5. The van der Waals surface area contributed by atoms with Crippen molar-refractivity contribution in [1.29, 1.82) is 0 Å². The minimum Gasteiger partial charge on any atom is -0.353 e. The molecule has 3 aromatic rings. The van der Waals surface area contributed by atoms with E-state index in [1.54, 1.807) is 6.20 Å². The first-order chi connectivity index (χ1) is 13.0. The molecule has 1 aliphatic heterocycles. The number of rotatable bonds is 3. The van der Waals surface area contributed by atoms with Gasteiger partial charge in [-0.15, -0.1) is 0 Å². The highest BCUT2D eigenvalue weighted by Crippen LogP contribution is 2.25. The summed E-state index contributed by atoms with van der Waals surface area (Å²) in [6.45, 7) is 9.32. The van der Waals surface area contributed by atoms with Gasteiger partial charge in [0.15, 0.2) is 5.82 Å². The summed E-state index contributed by atoms with van der Waals surface area (Å²) in [5.74, 6) is 3.32. The summed E-state index contributed by atoms with van der Waals surface area (Å²) < 4.78 is 1.87. The SMILES string of the molecule is Cc1cc(C)n(-c2cc(N3CCN(c4ncccc4Cl)CC3)nc(C)n2)n1. The molecule has 0 aliphatic carbocycles. The Morgan fingerprint density at radius 2 is 1.63 bits per heavy atom. The van der Waals surface area contributed by atoms with Crippen LogP contribution in [-0.4, -0.2) is 50.9 Å². The van der Waals surface area contributed by atoms with Crippen molar-refractivity contribution in [3.05, 3.63) is 52.7 Å². The maximum absolute atomic E-state index is 6.29. The highest BCUT2D eigenvalue weighted by Gasteiger charge is 2.21. The zero-order chi connectivity index (χ0) is 19.0. The van der Waals surface area contributed by atoms with Crippen LogP contribution in [0, 0.1) is 20.8 Å². The molecule has 1 fully saturated rings. The third kappa shape index (κ3) is 3.60. The average molecular weight is 384 g/mol. The van der Waals surface area contributed by atoms with E-state index >= 15 is 0 Å². The Labute approximate surface area is 163 Å². The van der Waals surface area contributed by atoms with Crippen LogP contribution in [0.25, 0.3) is 5.82 Å². The highest BCUT2D eigenvalue weighted by molar-refractivity contribution is 6.32. The molecule has 27 heavy (non-hydrogen) atoms. The second-order valence-corrected chi connectivity index (χ2v) is 7.16. The quantitative estimate of drug-likeness (QED) is 0.692. The molecule has 0 amide bonds. The van der Waals surface area contributed by atoms with E-state index in [1.807, 2.05) is 49.7 Å². The molecule has 0 N–H and O–H groups in total. The molecular formula is C19H22ClN7. The summed E-state index contributed by atoms with van der Waals surface area (Å²) in [6.07, 6.45) is 1.78. The Morgan fingerprint density at radius 3 is 2.30 bits per heavy atom. The number of anilines is 2. The lowest BCUT2D eigenvalue weighted by Crippen LogP contribution is -2.47. The fraction of sp³-hybridized carbons (Fsp3) is 0.368. The predicted octanol–water partition coefficient (Wildman–Crippen LogP) is 2.96. The van der Waals surface area contributed by atoms with E-state index in [-0.39, 0.29) is 0 Å². The van der Waals surface area contributed by atoms with Gasteiger partial charge < -0.3 is 9.80 Å². The largest absolute Gasteiger partial charge is 0.353 e. The molecule has 0 aromatic carbocycles. The number of nitrogens with zero attached hydrogens (tertiary/aromatic N) is 7. The van der Waals surface area contributed by atoms with E-state index in [0.29, 0.717) is 5.02 Å². The molecule has 1 aliphatic rings. The van der Waals surface area contributed by atoms with Crippen LogP contribution in [0.3, 0.4) is 0 Å². The molecule has 140 valence electrons. The van der Waals surface area contributed by atoms with E-state index < -0.39 is 0 Å². The summed E-state index contributed by atoms with van der Waals surface area (Å²) in [5.41, 5.74) is 2.04. The van der Waals surface area contributed by atoms with Crippen molar-refractivity contribution in [3.8, 4) is 5.82 Å². The molecule has 7 nitrogen and oxygen atoms in total. The topological polar surface area (TPSA) is 63.0 Å². The first kappa shape index (κ1) is 17.7. The van der Waals surface area contributed by atoms with Crippen molar-refractivity contribution in [3.63, 3.8) is 0 Å². The van der Waals surface area contributed by atoms with Crippen LogP contribution in [0.5, 0.6) is 0 Å². The first-order valence-electron chi connectivity index (χ1n) is 9.01. The van der Waals surface area contributed by atoms with Gasteiger partial charge in [-0.05, 0) is 39.0 Å². The molecule has 1 saturated heterocycles. The molecule has 3 aromatic heterocycles. The Bertz CT molecular complexity index is 960. The molecule has 0 spiro atoms. The van der Waals surface area contributed by atoms with Crippen LogP contribution in [-0.2, 0) is 0 Å². The van der Waals surface area contributed by atoms with Gasteiger partial charge in [0, 0.05) is 44.1 Å². The van der Waals surface area contributed by atoms with Gasteiger partial charge in [0.2, 0.25) is 0 Å². The Hall–Kier alpha value is -2.67. The lowest BCUT2D eigenvalue weighted by atomic mass is 10.3. The van der Waals surface area contributed by atoms with Crippen molar-refractivity contribution >= 4 is 23.2 Å². The molecule has 8 heteroatoms. The lowest BCUT2D eigenvalue weighted by molar-refractivity contribution is 0.639. The molecule has 0 saturated carbocycles. The fourth-order valence-corrected chi connectivity index (χ4v) is 3.67. The number of aryl methyl sites for hydroxylation is 3. The van der Waals surface area contributed by atoms with Gasteiger partial charge >= 0.3 is 0 Å². The Morgan fingerprint density at radius 1 is 0.926 bits per heavy atom. The van der Waals surface area contributed by atoms with Crippen LogP contribution in [0.2, 0.25) is 5.02 Å². The van der Waals surface area contributed by atoms with E-state index in [0.717, 1.165) is 60.8 Å². The van der Waals surface area contributed by atoms with E-state index in [1.165, 1.54) is 0 Å². The molecule has 0 atom stereocenters. The zero-order valence-corrected chi connectivity index (χ0v) is 16.5. The monoisotopic (exact) mass is 383 g/mol. The van der Waals surface area contributed by atoms with Gasteiger partial charge in [0.1, 0.15) is 17.5 Å². The maximum atomic E-state index is 6.29. The number of hydrogen-bond acceptors (Lipinski definition) is 6. The normalized spacial score (nSPS) is 14.7. The minimum atomic E-state index is 0.690. The van der Waals surface area contributed by atoms with Crippen molar-refractivity contribution in [2.45, 2.75) is 20.8 Å². The molecule has 0 radical (unpaired) electrons. The van der Waals surface area contributed by atoms with Crippen LogP contribution >= 0.6 is 11.6 Å². The summed E-state index contributed by atoms with van der Waals surface area (Å²) >= 11 is 6.29. The smallest absolute Gasteiger partial charge is 0.159 e. The number of hydrogen-bond donors (Lipinski definition) is 0. The van der Waals surface area contributed by atoms with Crippen LogP contribution < -0.4 is 9.80 Å². The molecule has 4 rings (SSSR count). The van der Waals surface area contributed by atoms with Crippen molar-refractivity contribution < 1.29 is 0 Å². The van der Waals surface area contributed by atoms with Crippen molar-refractivity contribution in [1.82, 2.24) is 24.7 Å². The van der Waals surface area contributed by atoms with Gasteiger partial charge in [-0.1, -0.05) is 11.6 Å². The maximum Gasteiger partial charge on any atom is 0.159 e. The fourth-order valence-electron chi connectivity index (χ4n) is 3.43. The molecular weight excluding hydrogens is 362 g/mol. The number of piperazine rings is 1. The van der Waals surface area contributed by atoms with Gasteiger partial charge in [-0.25, -0.2) is 19.6 Å². The lowest BCUT2D eigenvalue weighted by Gasteiger charge is -2.36. The van der Waals surface area contributed by atoms with Crippen LogP contribution in [0.15, 0.2) is 30.5 Å². The summed E-state index contributed by atoms with van der Waals surface area (Å²) in [6, 6.07) is 7.79. The van der Waals surface area contributed by atoms with E-state index in [2.05, 4.69) is 29.9 Å². The van der Waals surface area contributed by atoms with Crippen LogP contribution in [0.1, 0.15) is 17.2 Å². The predicted molar refractivity (Wildman–Crippen MR) is 107 cm³/mol. The van der Waals surface area contributed by atoms with E-state index in [4.69, 9.17) is 11.6 Å². The third-order valence-electron chi connectivity index (χ3n) is 4.68. The van der Waals surface area contributed by atoms with Gasteiger partial charge in [0.25, 0.3) is 0 Å². The van der Waals surface area contributed by atoms with Crippen LogP contribution in [0.4, 0.5) is 11.6 Å². The molecule has 0 unspecified atom stereocenters. The summed E-state index contributed by atoms with van der Waals surface area (Å²) in [7, 11) is 0. The van der Waals surface area contributed by atoms with Crippen molar-refractivity contribution in [2.24, 2.45) is 0 Å². The van der Waals surface area contributed by atoms with Crippen molar-refractivity contribution in [2.75, 3.05) is 36.0 Å². The summed E-state index contributed by atoms with van der Waals surface area (Å²) in [4.78, 5) is 18.1. The third-order valence-corrected chi connectivity index (χ3v) is 4.97. The highest BCUT2D eigenvalue weighted by atomic mass is 35.5. The standard InChI is InChI=1S/C19H22ClN7/c1-13-11-14(2)27(24-13)18-12-17(22-15(3)23-18)25-7-9-26(10-8-25)19-16(20)5-4-6-21-19/h4-6,11-12H,7-10H2,1-3H3. The second kappa shape index (κ2) is 7.15. The van der Waals surface area contributed by atoms with Gasteiger partial charge in [-0.2, -0.15) is 5.10 Å². The number of halogens is 1. The first-order valence-corrected chi connectivity index (χ1v) is 9.39. The molecule has 0 bridgehead atoms. The Kier molecular flexibility index (Phi) is 4.70. The molecule has 4 heterocycles. The second-order valence-electron chi connectivity index (χ2n) is 6.75. The van der Waals surface area contributed by atoms with Gasteiger partial charge in [-0.3, -0.25) is 0 Å². The Balaban J connectivity index is 1.55. The van der Waals surface area contributed by atoms with E-state index in [9.17, 15) is 0 Å².